The summed E-state index contributed by atoms with van der Waals surface area (Å²) < 4.78 is 0. The SMILES string of the molecule is CCc1ccc(CC(N)c2sccc2C)nc1. The van der Waals surface area contributed by atoms with Gasteiger partial charge in [0.1, 0.15) is 0 Å². The summed E-state index contributed by atoms with van der Waals surface area (Å²) in [5.41, 5.74) is 9.84. The molecule has 0 fully saturated rings. The first-order valence-electron chi connectivity index (χ1n) is 5.94. The minimum absolute atomic E-state index is 0.0648. The van der Waals surface area contributed by atoms with Crippen molar-refractivity contribution in [2.75, 3.05) is 0 Å². The molecule has 2 N–H and O–H groups in total. The molecule has 0 aliphatic rings. The van der Waals surface area contributed by atoms with Crippen LogP contribution in [0.4, 0.5) is 0 Å². The number of thiophene rings is 1. The Balaban J connectivity index is 2.07. The molecule has 0 aliphatic carbocycles. The maximum absolute atomic E-state index is 6.21. The van der Waals surface area contributed by atoms with Crippen molar-refractivity contribution >= 4 is 11.3 Å². The Morgan fingerprint density at radius 1 is 1.35 bits per heavy atom. The molecule has 0 radical (unpaired) electrons. The first-order chi connectivity index (χ1) is 8.20. The van der Waals surface area contributed by atoms with Gasteiger partial charge < -0.3 is 5.73 Å². The number of pyridine rings is 1. The number of hydrogen-bond donors (Lipinski definition) is 1. The Kier molecular flexibility index (Phi) is 3.92. The zero-order valence-corrected chi connectivity index (χ0v) is 11.1. The fraction of sp³-hybridized carbons (Fsp3) is 0.357. The second-order valence-electron chi connectivity index (χ2n) is 4.29. The van der Waals surface area contributed by atoms with Crippen molar-refractivity contribution in [3.8, 4) is 0 Å². The van der Waals surface area contributed by atoms with E-state index in [1.54, 1.807) is 11.3 Å². The van der Waals surface area contributed by atoms with Crippen LogP contribution in [-0.4, -0.2) is 4.98 Å². The average Bonchev–Trinajstić information content (AvgIpc) is 2.76. The summed E-state index contributed by atoms with van der Waals surface area (Å²) in [6, 6.07) is 6.40. The first-order valence-corrected chi connectivity index (χ1v) is 6.82. The van der Waals surface area contributed by atoms with Crippen LogP contribution in [0.2, 0.25) is 0 Å². The Morgan fingerprint density at radius 2 is 2.18 bits per heavy atom. The van der Waals surface area contributed by atoms with E-state index in [0.717, 1.165) is 18.5 Å². The van der Waals surface area contributed by atoms with Crippen molar-refractivity contribution in [3.05, 3.63) is 51.5 Å². The summed E-state index contributed by atoms with van der Waals surface area (Å²) in [4.78, 5) is 5.72. The third kappa shape index (κ3) is 2.93. The number of hydrogen-bond acceptors (Lipinski definition) is 3. The standard InChI is InChI=1S/C14H18N2S/c1-3-11-4-5-12(16-9-11)8-13(15)14-10(2)6-7-17-14/h4-7,9,13H,3,8,15H2,1-2H3. The van der Waals surface area contributed by atoms with Crippen LogP contribution in [0.1, 0.15) is 34.7 Å². The minimum Gasteiger partial charge on any atom is -0.323 e. The predicted molar refractivity (Wildman–Crippen MR) is 73.3 cm³/mol. The normalized spacial score (nSPS) is 12.6. The van der Waals surface area contributed by atoms with Crippen LogP contribution in [0.3, 0.4) is 0 Å². The van der Waals surface area contributed by atoms with Gasteiger partial charge in [0.2, 0.25) is 0 Å². The molecule has 2 aromatic heterocycles. The minimum atomic E-state index is 0.0648. The van der Waals surface area contributed by atoms with Gasteiger partial charge in [-0.15, -0.1) is 11.3 Å². The summed E-state index contributed by atoms with van der Waals surface area (Å²) in [6.45, 7) is 4.25. The Bertz CT molecular complexity index is 473. The molecule has 2 rings (SSSR count). The molecule has 2 nitrogen and oxygen atoms in total. The van der Waals surface area contributed by atoms with Gasteiger partial charge in [0.15, 0.2) is 0 Å². The Morgan fingerprint density at radius 3 is 2.71 bits per heavy atom. The van der Waals surface area contributed by atoms with E-state index in [1.165, 1.54) is 16.0 Å². The summed E-state index contributed by atoms with van der Waals surface area (Å²) in [7, 11) is 0. The highest BCUT2D eigenvalue weighted by atomic mass is 32.1. The molecule has 2 heterocycles. The largest absolute Gasteiger partial charge is 0.323 e. The lowest BCUT2D eigenvalue weighted by atomic mass is 10.1. The molecule has 1 unspecified atom stereocenters. The molecule has 90 valence electrons. The van der Waals surface area contributed by atoms with E-state index in [-0.39, 0.29) is 6.04 Å². The fourth-order valence-electron chi connectivity index (χ4n) is 1.87. The lowest BCUT2D eigenvalue weighted by Gasteiger charge is -2.10. The van der Waals surface area contributed by atoms with Crippen molar-refractivity contribution in [2.45, 2.75) is 32.7 Å². The molecule has 0 aliphatic heterocycles. The predicted octanol–water partition coefficient (Wildman–Crippen LogP) is 3.26. The maximum atomic E-state index is 6.21. The van der Waals surface area contributed by atoms with Gasteiger partial charge in [-0.1, -0.05) is 13.0 Å². The zero-order valence-electron chi connectivity index (χ0n) is 10.3. The van der Waals surface area contributed by atoms with Gasteiger partial charge in [0.25, 0.3) is 0 Å². The van der Waals surface area contributed by atoms with Crippen LogP contribution in [0.25, 0.3) is 0 Å². The van der Waals surface area contributed by atoms with E-state index in [2.05, 4.69) is 42.4 Å². The van der Waals surface area contributed by atoms with Crippen LogP contribution < -0.4 is 5.73 Å². The summed E-state index contributed by atoms with van der Waals surface area (Å²) in [5, 5.41) is 2.10. The van der Waals surface area contributed by atoms with Gasteiger partial charge in [-0.2, -0.15) is 0 Å². The molecule has 0 saturated carbocycles. The average molecular weight is 246 g/mol. The number of aromatic nitrogens is 1. The van der Waals surface area contributed by atoms with Crippen LogP contribution in [0, 0.1) is 6.92 Å². The molecule has 0 saturated heterocycles. The molecular weight excluding hydrogens is 228 g/mol. The highest BCUT2D eigenvalue weighted by Crippen LogP contribution is 2.24. The van der Waals surface area contributed by atoms with Crippen LogP contribution in [0.5, 0.6) is 0 Å². The molecule has 17 heavy (non-hydrogen) atoms. The molecule has 0 amide bonds. The topological polar surface area (TPSA) is 38.9 Å². The third-order valence-corrected chi connectivity index (χ3v) is 4.11. The molecule has 0 spiro atoms. The summed E-state index contributed by atoms with van der Waals surface area (Å²) in [5.74, 6) is 0. The van der Waals surface area contributed by atoms with Gasteiger partial charge in [-0.3, -0.25) is 4.98 Å². The highest BCUT2D eigenvalue weighted by molar-refractivity contribution is 7.10. The molecule has 3 heteroatoms. The van der Waals surface area contributed by atoms with E-state index in [1.807, 2.05) is 6.20 Å². The van der Waals surface area contributed by atoms with E-state index in [4.69, 9.17) is 5.73 Å². The molecule has 2 aromatic rings. The van der Waals surface area contributed by atoms with Crippen molar-refractivity contribution in [2.24, 2.45) is 5.73 Å². The number of aryl methyl sites for hydroxylation is 2. The lowest BCUT2D eigenvalue weighted by Crippen LogP contribution is -2.13. The van der Waals surface area contributed by atoms with Crippen LogP contribution in [-0.2, 0) is 12.8 Å². The molecule has 0 aromatic carbocycles. The number of nitrogens with two attached hydrogens (primary N) is 1. The third-order valence-electron chi connectivity index (χ3n) is 2.96. The first kappa shape index (κ1) is 12.3. The summed E-state index contributed by atoms with van der Waals surface area (Å²) >= 11 is 1.73. The van der Waals surface area contributed by atoms with Crippen molar-refractivity contribution in [1.82, 2.24) is 4.98 Å². The second kappa shape index (κ2) is 5.43. The lowest BCUT2D eigenvalue weighted by molar-refractivity contribution is 0.715. The van der Waals surface area contributed by atoms with Crippen molar-refractivity contribution < 1.29 is 0 Å². The molecule has 0 bridgehead atoms. The monoisotopic (exact) mass is 246 g/mol. The Labute approximate surface area is 107 Å². The van der Waals surface area contributed by atoms with Gasteiger partial charge in [0, 0.05) is 29.2 Å². The van der Waals surface area contributed by atoms with Crippen molar-refractivity contribution in [1.29, 1.82) is 0 Å². The summed E-state index contributed by atoms with van der Waals surface area (Å²) in [6.07, 6.45) is 3.79. The number of nitrogens with zero attached hydrogens (tertiary/aromatic N) is 1. The van der Waals surface area contributed by atoms with E-state index in [0.29, 0.717) is 0 Å². The van der Waals surface area contributed by atoms with Gasteiger partial charge in [0.05, 0.1) is 0 Å². The molecular formula is C14H18N2S. The highest BCUT2D eigenvalue weighted by Gasteiger charge is 2.11. The van der Waals surface area contributed by atoms with Gasteiger partial charge in [-0.05, 0) is 42.0 Å². The Hall–Kier alpha value is -1.19. The van der Waals surface area contributed by atoms with Crippen LogP contribution in [0.15, 0.2) is 29.8 Å². The molecule has 1 atom stereocenters. The van der Waals surface area contributed by atoms with Crippen molar-refractivity contribution in [3.63, 3.8) is 0 Å². The van der Waals surface area contributed by atoms with Gasteiger partial charge in [-0.25, -0.2) is 0 Å². The quantitative estimate of drug-likeness (QED) is 0.899. The smallest absolute Gasteiger partial charge is 0.0448 e. The second-order valence-corrected chi connectivity index (χ2v) is 5.24. The number of rotatable bonds is 4. The van der Waals surface area contributed by atoms with E-state index >= 15 is 0 Å². The fourth-order valence-corrected chi connectivity index (χ4v) is 2.80. The van der Waals surface area contributed by atoms with E-state index < -0.39 is 0 Å². The zero-order chi connectivity index (χ0) is 12.3. The van der Waals surface area contributed by atoms with Crippen LogP contribution >= 0.6 is 11.3 Å². The maximum Gasteiger partial charge on any atom is 0.0448 e. The van der Waals surface area contributed by atoms with Gasteiger partial charge >= 0.3 is 0 Å². The van der Waals surface area contributed by atoms with E-state index in [9.17, 15) is 0 Å².